The van der Waals surface area contributed by atoms with Crippen molar-refractivity contribution in [2.75, 3.05) is 12.3 Å². The molecule has 0 aliphatic heterocycles. The molecule has 3 heteroatoms. The normalized spacial score (nSPS) is 17.8. The maximum absolute atomic E-state index is 4.62. The highest BCUT2D eigenvalue weighted by Gasteiger charge is 2.17. The number of likely N-dealkylation sites (N-methyl/N-ethyl adjacent to an activating group) is 1. The number of nitrogens with zero attached hydrogens (tertiary/aromatic N) is 1. The van der Waals surface area contributed by atoms with Crippen molar-refractivity contribution in [1.82, 2.24) is 10.3 Å². The minimum Gasteiger partial charge on any atom is -0.313 e. The second-order valence-electron chi connectivity index (χ2n) is 6.06. The lowest BCUT2D eigenvalue weighted by Crippen LogP contribution is -2.34. The van der Waals surface area contributed by atoms with Crippen molar-refractivity contribution in [3.05, 3.63) is 29.6 Å². The summed E-state index contributed by atoms with van der Waals surface area (Å²) in [5, 5.41) is 4.54. The van der Waals surface area contributed by atoms with Crippen molar-refractivity contribution in [3.63, 3.8) is 0 Å². The molecule has 0 spiro atoms. The van der Waals surface area contributed by atoms with Crippen LogP contribution in [0.15, 0.2) is 18.3 Å². The van der Waals surface area contributed by atoms with Gasteiger partial charge in [0.2, 0.25) is 0 Å². The molecule has 118 valence electrons. The van der Waals surface area contributed by atoms with E-state index in [1.54, 1.807) is 0 Å². The minimum absolute atomic E-state index is 0.557. The van der Waals surface area contributed by atoms with Crippen molar-refractivity contribution in [2.45, 2.75) is 70.1 Å². The zero-order valence-electron chi connectivity index (χ0n) is 13.6. The summed E-state index contributed by atoms with van der Waals surface area (Å²) in [6.45, 7) is 5.42. The molecule has 2 nitrogen and oxygen atoms in total. The second-order valence-corrected chi connectivity index (χ2v) is 7.40. The zero-order chi connectivity index (χ0) is 14.9. The first-order valence-electron chi connectivity index (χ1n) is 8.60. The molecule has 1 N–H and O–H groups in total. The van der Waals surface area contributed by atoms with E-state index < -0.39 is 0 Å². The maximum atomic E-state index is 4.62. The lowest BCUT2D eigenvalue weighted by molar-refractivity contribution is 0.512. The Hall–Kier alpha value is -0.540. The maximum Gasteiger partial charge on any atom is 0.0419 e. The van der Waals surface area contributed by atoms with Gasteiger partial charge in [-0.3, -0.25) is 4.98 Å². The minimum atomic E-state index is 0.557. The van der Waals surface area contributed by atoms with Crippen molar-refractivity contribution < 1.29 is 0 Å². The third-order valence-corrected chi connectivity index (χ3v) is 5.87. The van der Waals surface area contributed by atoms with Gasteiger partial charge in [-0.1, -0.05) is 39.2 Å². The lowest BCUT2D eigenvalue weighted by Gasteiger charge is -2.24. The molecule has 0 bridgehead atoms. The predicted octanol–water partition coefficient (Wildman–Crippen LogP) is 4.23. The number of rotatable bonds is 8. The van der Waals surface area contributed by atoms with Crippen LogP contribution in [0.25, 0.3) is 0 Å². The smallest absolute Gasteiger partial charge is 0.0419 e. The van der Waals surface area contributed by atoms with E-state index in [0.717, 1.165) is 24.6 Å². The Kier molecular flexibility index (Phi) is 7.59. The molecule has 1 fully saturated rings. The van der Waals surface area contributed by atoms with Crippen molar-refractivity contribution in [3.8, 4) is 0 Å². The van der Waals surface area contributed by atoms with Crippen LogP contribution in [-0.4, -0.2) is 28.6 Å². The molecule has 1 heterocycles. The van der Waals surface area contributed by atoms with E-state index in [0.29, 0.717) is 6.04 Å². The van der Waals surface area contributed by atoms with Gasteiger partial charge in [-0.05, 0) is 37.4 Å². The second kappa shape index (κ2) is 9.47. The summed E-state index contributed by atoms with van der Waals surface area (Å²) >= 11 is 2.18. The number of aromatic nitrogens is 1. The van der Waals surface area contributed by atoms with Gasteiger partial charge in [0.05, 0.1) is 0 Å². The van der Waals surface area contributed by atoms with Crippen LogP contribution in [0.3, 0.4) is 0 Å². The molecule has 2 rings (SSSR count). The fourth-order valence-corrected chi connectivity index (χ4v) is 4.41. The van der Waals surface area contributed by atoms with Gasteiger partial charge in [-0.25, -0.2) is 0 Å². The van der Waals surface area contributed by atoms with Gasteiger partial charge in [0.1, 0.15) is 0 Å². The highest BCUT2D eigenvalue weighted by Crippen LogP contribution is 2.28. The van der Waals surface area contributed by atoms with E-state index in [1.807, 2.05) is 6.20 Å². The molecule has 0 amide bonds. The van der Waals surface area contributed by atoms with Gasteiger partial charge < -0.3 is 5.32 Å². The first-order valence-corrected chi connectivity index (χ1v) is 9.65. The third-order valence-electron chi connectivity index (χ3n) is 4.33. The highest BCUT2D eigenvalue weighted by molar-refractivity contribution is 7.99. The quantitative estimate of drug-likeness (QED) is 0.778. The van der Waals surface area contributed by atoms with Gasteiger partial charge in [0.15, 0.2) is 0 Å². The number of aryl methyl sites for hydroxylation is 1. The van der Waals surface area contributed by atoms with E-state index in [9.17, 15) is 0 Å². The lowest BCUT2D eigenvalue weighted by atomic mass is 10.0. The van der Waals surface area contributed by atoms with Crippen LogP contribution in [0, 0.1) is 0 Å². The number of hydrogen-bond donors (Lipinski definition) is 1. The zero-order valence-corrected chi connectivity index (χ0v) is 14.4. The monoisotopic (exact) mass is 306 g/mol. The van der Waals surface area contributed by atoms with Gasteiger partial charge in [0, 0.05) is 35.4 Å². The SMILES string of the molecule is CCNC(CSC1CCCCC1)Cc1ccc(CC)cn1. The molecule has 21 heavy (non-hydrogen) atoms. The topological polar surface area (TPSA) is 24.9 Å². The number of nitrogens with one attached hydrogen (secondary N) is 1. The van der Waals surface area contributed by atoms with Gasteiger partial charge >= 0.3 is 0 Å². The van der Waals surface area contributed by atoms with E-state index in [4.69, 9.17) is 0 Å². The predicted molar refractivity (Wildman–Crippen MR) is 94.1 cm³/mol. The van der Waals surface area contributed by atoms with E-state index in [2.05, 4.69) is 48.0 Å². The highest BCUT2D eigenvalue weighted by atomic mass is 32.2. The van der Waals surface area contributed by atoms with Crippen LogP contribution in [0.2, 0.25) is 0 Å². The molecule has 1 unspecified atom stereocenters. The van der Waals surface area contributed by atoms with Gasteiger partial charge in [-0.2, -0.15) is 11.8 Å². The molecule has 1 atom stereocenters. The summed E-state index contributed by atoms with van der Waals surface area (Å²) in [4.78, 5) is 4.62. The third kappa shape index (κ3) is 5.99. The Bertz CT molecular complexity index is 385. The Morgan fingerprint density at radius 1 is 1.24 bits per heavy atom. The summed E-state index contributed by atoms with van der Waals surface area (Å²) < 4.78 is 0. The number of hydrogen-bond acceptors (Lipinski definition) is 3. The summed E-state index contributed by atoms with van der Waals surface area (Å²) in [7, 11) is 0. The van der Waals surface area contributed by atoms with Gasteiger partial charge in [-0.15, -0.1) is 0 Å². The largest absolute Gasteiger partial charge is 0.313 e. The van der Waals surface area contributed by atoms with Crippen LogP contribution in [0.4, 0.5) is 0 Å². The van der Waals surface area contributed by atoms with E-state index in [1.165, 1.54) is 49.1 Å². The molecule has 1 aromatic rings. The molecule has 0 aromatic carbocycles. The number of pyridine rings is 1. The molecule has 0 saturated heterocycles. The van der Waals surface area contributed by atoms with Crippen molar-refractivity contribution >= 4 is 11.8 Å². The summed E-state index contributed by atoms with van der Waals surface area (Å²) in [6, 6.07) is 4.98. The Balaban J connectivity index is 1.82. The van der Waals surface area contributed by atoms with Gasteiger partial charge in [0.25, 0.3) is 0 Å². The fraction of sp³-hybridized carbons (Fsp3) is 0.722. The average Bonchev–Trinajstić information content (AvgIpc) is 2.54. The molecular formula is C18H30N2S. The molecule has 1 aromatic heterocycles. The summed E-state index contributed by atoms with van der Waals surface area (Å²) in [5.74, 6) is 1.22. The van der Waals surface area contributed by atoms with Crippen LogP contribution in [-0.2, 0) is 12.8 Å². The van der Waals surface area contributed by atoms with Crippen molar-refractivity contribution in [1.29, 1.82) is 0 Å². The Morgan fingerprint density at radius 3 is 2.67 bits per heavy atom. The standard InChI is InChI=1S/C18H30N2S/c1-3-15-10-11-16(20-13-15)12-17(19-4-2)14-21-18-8-6-5-7-9-18/h10-11,13,17-19H,3-9,12,14H2,1-2H3. The fourth-order valence-electron chi connectivity index (χ4n) is 3.00. The molecule has 1 aliphatic rings. The van der Waals surface area contributed by atoms with Crippen LogP contribution < -0.4 is 5.32 Å². The number of thioether (sulfide) groups is 1. The average molecular weight is 307 g/mol. The van der Waals surface area contributed by atoms with Crippen LogP contribution in [0.5, 0.6) is 0 Å². The first-order chi connectivity index (χ1) is 10.3. The Labute approximate surface area is 134 Å². The summed E-state index contributed by atoms with van der Waals surface area (Å²) in [5.41, 5.74) is 2.55. The summed E-state index contributed by atoms with van der Waals surface area (Å²) in [6.07, 6.45) is 11.3. The molecule has 0 radical (unpaired) electrons. The Morgan fingerprint density at radius 2 is 2.05 bits per heavy atom. The van der Waals surface area contributed by atoms with Crippen molar-refractivity contribution in [2.24, 2.45) is 0 Å². The molecule has 1 saturated carbocycles. The molecule has 1 aliphatic carbocycles. The molecular weight excluding hydrogens is 276 g/mol. The van der Waals surface area contributed by atoms with Crippen LogP contribution in [0.1, 0.15) is 57.2 Å². The van der Waals surface area contributed by atoms with E-state index >= 15 is 0 Å². The van der Waals surface area contributed by atoms with E-state index in [-0.39, 0.29) is 0 Å². The van der Waals surface area contributed by atoms with Crippen LogP contribution >= 0.6 is 11.8 Å². The first kappa shape index (κ1) is 16.8.